The Morgan fingerprint density at radius 1 is 0.979 bits per heavy atom. The van der Waals surface area contributed by atoms with Gasteiger partial charge in [-0.1, -0.05) is 72.4 Å². The molecule has 0 aromatic heterocycles. The molecule has 0 spiro atoms. The fourth-order valence-electron chi connectivity index (χ4n) is 5.68. The van der Waals surface area contributed by atoms with Gasteiger partial charge in [0.2, 0.25) is 0 Å². The lowest BCUT2D eigenvalue weighted by molar-refractivity contribution is -0.141. The predicted molar refractivity (Wildman–Crippen MR) is 174 cm³/mol. The lowest BCUT2D eigenvalue weighted by atomic mass is 9.91. The Kier molecular flexibility index (Phi) is 10.9. The molecule has 2 aliphatic heterocycles. The van der Waals surface area contributed by atoms with Crippen LogP contribution in [0.25, 0.3) is 0 Å². The predicted octanol–water partition coefficient (Wildman–Crippen LogP) is 7.61. The fraction of sp³-hybridized carbons (Fsp3) is 0.343. The first-order valence-electron chi connectivity index (χ1n) is 15.2. The van der Waals surface area contributed by atoms with Gasteiger partial charge in [-0.05, 0) is 55.2 Å². The second-order valence-corrected chi connectivity index (χ2v) is 12.1. The second kappa shape index (κ2) is 15.1. The smallest absolute Gasteiger partial charge is 0.417 e. The summed E-state index contributed by atoms with van der Waals surface area (Å²) in [5.74, 6) is 0.137. The van der Waals surface area contributed by atoms with Crippen LogP contribution in [0.4, 0.5) is 18.0 Å². The van der Waals surface area contributed by atoms with Crippen molar-refractivity contribution in [3.05, 3.63) is 112 Å². The molecule has 5 rings (SSSR count). The molecule has 1 amide bonds. The van der Waals surface area contributed by atoms with Crippen molar-refractivity contribution < 1.29 is 37.0 Å². The summed E-state index contributed by atoms with van der Waals surface area (Å²) >= 11 is 1.16. The van der Waals surface area contributed by atoms with Crippen LogP contribution in [0.15, 0.2) is 95.1 Å². The molecule has 12 heteroatoms. The van der Waals surface area contributed by atoms with Gasteiger partial charge >= 0.3 is 18.2 Å². The largest absolute Gasteiger partial charge is 0.497 e. The summed E-state index contributed by atoms with van der Waals surface area (Å²) in [4.78, 5) is 35.4. The maximum Gasteiger partial charge on any atom is 0.417 e. The van der Waals surface area contributed by atoms with Crippen molar-refractivity contribution >= 4 is 29.0 Å². The Labute approximate surface area is 276 Å². The molecule has 0 saturated carbocycles. The lowest BCUT2D eigenvalue weighted by Gasteiger charge is -2.37. The van der Waals surface area contributed by atoms with Gasteiger partial charge in [0, 0.05) is 25.4 Å². The number of hydrogen-bond donors (Lipinski definition) is 0. The van der Waals surface area contributed by atoms with Crippen LogP contribution < -0.4 is 4.74 Å². The summed E-state index contributed by atoms with van der Waals surface area (Å²) < 4.78 is 59.9. The molecule has 2 heterocycles. The molecular weight excluding hydrogens is 631 g/mol. The summed E-state index contributed by atoms with van der Waals surface area (Å²) in [6.07, 6.45) is -5.64. The van der Waals surface area contributed by atoms with E-state index in [1.807, 2.05) is 42.5 Å². The van der Waals surface area contributed by atoms with Gasteiger partial charge in [0.1, 0.15) is 17.9 Å². The number of alkyl halides is 3. The molecule has 3 aromatic carbocycles. The molecule has 0 bridgehead atoms. The average Bonchev–Trinajstić information content (AvgIpc) is 3.49. The van der Waals surface area contributed by atoms with Crippen molar-refractivity contribution in [2.45, 2.75) is 50.9 Å². The summed E-state index contributed by atoms with van der Waals surface area (Å²) in [5, 5.41) is 0.109. The number of halogens is 3. The number of thioether (sulfide) groups is 1. The fourth-order valence-corrected chi connectivity index (χ4v) is 6.69. The molecule has 8 nitrogen and oxygen atoms in total. The Bertz CT molecular complexity index is 1630. The van der Waals surface area contributed by atoms with Gasteiger partial charge in [0.25, 0.3) is 0 Å². The Morgan fingerprint density at radius 2 is 1.68 bits per heavy atom. The van der Waals surface area contributed by atoms with Gasteiger partial charge in [-0.25, -0.2) is 19.5 Å². The summed E-state index contributed by atoms with van der Waals surface area (Å²) in [7, 11) is 1.56. The van der Waals surface area contributed by atoms with E-state index in [4.69, 9.17) is 14.2 Å². The van der Waals surface area contributed by atoms with E-state index in [9.17, 15) is 22.8 Å². The molecule has 47 heavy (non-hydrogen) atoms. The lowest BCUT2D eigenvalue weighted by Crippen LogP contribution is -2.45. The maximum atomic E-state index is 14.5. The topological polar surface area (TPSA) is 80.7 Å². The zero-order valence-electron chi connectivity index (χ0n) is 26.3. The number of methoxy groups -OCH3 is 1. The molecule has 1 unspecified atom stereocenters. The molecule has 1 fully saturated rings. The molecule has 1 saturated heterocycles. The van der Waals surface area contributed by atoms with E-state index >= 15 is 0 Å². The van der Waals surface area contributed by atoms with Crippen LogP contribution >= 0.6 is 11.8 Å². The minimum absolute atomic E-state index is 0.0180. The quantitative estimate of drug-likeness (QED) is 0.217. The van der Waals surface area contributed by atoms with Gasteiger partial charge in [-0.2, -0.15) is 13.2 Å². The molecule has 248 valence electrons. The highest BCUT2D eigenvalue weighted by Gasteiger charge is 2.46. The number of carbonyl (C=O) groups excluding carboxylic acids is 2. The van der Waals surface area contributed by atoms with Crippen molar-refractivity contribution in [2.24, 2.45) is 4.99 Å². The third-order valence-corrected chi connectivity index (χ3v) is 8.94. The van der Waals surface area contributed by atoms with Crippen LogP contribution in [0, 0.1) is 0 Å². The van der Waals surface area contributed by atoms with Crippen LogP contribution in [0.3, 0.4) is 0 Å². The number of ether oxygens (including phenoxy) is 3. The summed E-state index contributed by atoms with van der Waals surface area (Å²) in [6.45, 7) is 4.90. The molecule has 0 N–H and O–H groups in total. The van der Waals surface area contributed by atoms with Gasteiger partial charge in [0.15, 0.2) is 5.17 Å². The second-order valence-electron chi connectivity index (χ2n) is 11.1. The van der Waals surface area contributed by atoms with Crippen LogP contribution in [-0.2, 0) is 32.7 Å². The number of allylic oxidation sites excluding steroid dienone is 1. The number of benzene rings is 3. The third kappa shape index (κ3) is 8.17. The van der Waals surface area contributed by atoms with Crippen LogP contribution in [0.5, 0.6) is 5.75 Å². The molecular formula is C35H36F3N3O5S. The Morgan fingerprint density at radius 3 is 2.36 bits per heavy atom. The van der Waals surface area contributed by atoms with Gasteiger partial charge in [-0.15, -0.1) is 0 Å². The van der Waals surface area contributed by atoms with Crippen LogP contribution in [-0.4, -0.2) is 59.9 Å². The first-order valence-corrected chi connectivity index (χ1v) is 16.2. The highest BCUT2D eigenvalue weighted by atomic mass is 32.2. The van der Waals surface area contributed by atoms with Crippen LogP contribution in [0.2, 0.25) is 0 Å². The molecule has 2 atom stereocenters. The number of amides is 1. The highest BCUT2D eigenvalue weighted by molar-refractivity contribution is 8.13. The summed E-state index contributed by atoms with van der Waals surface area (Å²) in [6, 6.07) is 20.6. The standard InChI is InChI=1S/C35H36F3N3O5S/c1-4-45-32(42)30-23(2)39-33(47-22-25-14-16-26(44-3)17-15-25)41(31(30)28-12-8-9-13-29(28)35(36,37)38)34(43)46-27-18-19-40(21-27)20-24-10-6-5-7-11-24/h5-17,27,31H,4,18-22H2,1-3H3/t27-,31?/m0/s1. The number of esters is 1. The summed E-state index contributed by atoms with van der Waals surface area (Å²) in [5.41, 5.74) is 0.711. The number of likely N-dealkylation sites (tertiary alicyclic amines) is 1. The normalized spacial score (nSPS) is 18.6. The zero-order chi connectivity index (χ0) is 33.6. The minimum atomic E-state index is -4.77. The van der Waals surface area contributed by atoms with E-state index in [1.54, 1.807) is 26.2 Å². The van der Waals surface area contributed by atoms with Crippen molar-refractivity contribution in [2.75, 3.05) is 26.8 Å². The van der Waals surface area contributed by atoms with E-state index in [-0.39, 0.29) is 28.6 Å². The third-order valence-electron chi connectivity index (χ3n) is 7.92. The monoisotopic (exact) mass is 667 g/mol. The van der Waals surface area contributed by atoms with Crippen molar-refractivity contribution in [1.29, 1.82) is 0 Å². The van der Waals surface area contributed by atoms with E-state index in [0.717, 1.165) is 33.9 Å². The van der Waals surface area contributed by atoms with E-state index in [1.165, 1.54) is 25.1 Å². The molecule has 0 radical (unpaired) electrons. The minimum Gasteiger partial charge on any atom is -0.497 e. The average molecular weight is 668 g/mol. The molecule has 0 aliphatic carbocycles. The maximum absolute atomic E-state index is 14.5. The first-order chi connectivity index (χ1) is 22.6. The SMILES string of the molecule is CCOC(=O)C1=C(C)N=C(SCc2ccc(OC)cc2)N(C(=O)O[C@H]2CCN(Cc3ccccc3)C2)C1c1ccccc1C(F)(F)F. The van der Waals surface area contributed by atoms with Gasteiger partial charge in [-0.3, -0.25) is 4.90 Å². The number of aliphatic imine (C=N–C) groups is 1. The van der Waals surface area contributed by atoms with Crippen molar-refractivity contribution in [1.82, 2.24) is 9.80 Å². The van der Waals surface area contributed by atoms with Gasteiger partial charge < -0.3 is 14.2 Å². The number of rotatable bonds is 9. The first kappa shape index (κ1) is 34.1. The number of hydrogen-bond acceptors (Lipinski definition) is 8. The number of carbonyl (C=O) groups is 2. The van der Waals surface area contributed by atoms with Crippen LogP contribution in [0.1, 0.15) is 48.6 Å². The Hall–Kier alpha value is -4.29. The zero-order valence-corrected chi connectivity index (χ0v) is 27.1. The molecule has 3 aromatic rings. The van der Waals surface area contributed by atoms with E-state index < -0.39 is 35.9 Å². The van der Waals surface area contributed by atoms with E-state index in [0.29, 0.717) is 37.6 Å². The highest BCUT2D eigenvalue weighted by Crippen LogP contribution is 2.44. The van der Waals surface area contributed by atoms with Crippen molar-refractivity contribution in [3.8, 4) is 5.75 Å². The van der Waals surface area contributed by atoms with E-state index in [2.05, 4.69) is 9.89 Å². The van der Waals surface area contributed by atoms with Gasteiger partial charge in [0.05, 0.1) is 30.6 Å². The van der Waals surface area contributed by atoms with Crippen molar-refractivity contribution in [3.63, 3.8) is 0 Å². The molecule has 2 aliphatic rings. The Balaban J connectivity index is 1.51. The number of nitrogens with zero attached hydrogens (tertiary/aromatic N) is 3. The number of amidine groups is 1.